The van der Waals surface area contributed by atoms with Crippen molar-refractivity contribution in [3.05, 3.63) is 22.6 Å². The molecule has 0 saturated heterocycles. The molecular weight excluding hydrogens is 156 g/mol. The van der Waals surface area contributed by atoms with E-state index >= 15 is 0 Å². The average Bonchev–Trinajstić information content (AvgIpc) is 2.52. The smallest absolute Gasteiger partial charge is 0.138 e. The zero-order valence-corrected chi connectivity index (χ0v) is 6.88. The highest BCUT2D eigenvalue weighted by molar-refractivity contribution is 4.84. The first-order valence-electron chi connectivity index (χ1n) is 3.76. The normalized spacial score (nSPS) is 9.42. The summed E-state index contributed by atoms with van der Waals surface area (Å²) >= 11 is 0. The number of azide groups is 1. The molecule has 0 aliphatic heterocycles. The molecule has 0 fully saturated rings. The van der Waals surface area contributed by atoms with E-state index in [4.69, 9.17) is 5.53 Å². The highest BCUT2D eigenvalue weighted by Crippen LogP contribution is 1.95. The van der Waals surface area contributed by atoms with Crippen LogP contribution in [0.3, 0.4) is 0 Å². The maximum absolute atomic E-state index is 8.04. The number of nitrogens with zero attached hydrogens (tertiary/aromatic N) is 6. The van der Waals surface area contributed by atoms with Crippen molar-refractivity contribution in [2.75, 3.05) is 6.54 Å². The summed E-state index contributed by atoms with van der Waals surface area (Å²) in [6, 6.07) is 0. The summed E-state index contributed by atoms with van der Waals surface area (Å²) in [7, 11) is 0. The Bertz CT molecular complexity index is 284. The van der Waals surface area contributed by atoms with Crippen LogP contribution < -0.4 is 0 Å². The maximum atomic E-state index is 8.04. The van der Waals surface area contributed by atoms with E-state index in [1.165, 1.54) is 6.33 Å². The molecule has 0 aromatic carbocycles. The van der Waals surface area contributed by atoms with Gasteiger partial charge < -0.3 is 0 Å². The summed E-state index contributed by atoms with van der Waals surface area (Å²) in [6.07, 6.45) is 2.16. The third-order valence-electron chi connectivity index (χ3n) is 1.49. The van der Waals surface area contributed by atoms with E-state index in [1.54, 1.807) is 4.68 Å². The first kappa shape index (κ1) is 8.55. The standard InChI is InChI=1S/C6H10N6/c1-2-12-6(8-5-10-12)3-4-9-11-7/h5H,2-4H2,1H3. The lowest BCUT2D eigenvalue weighted by molar-refractivity contribution is 0.613. The molecule has 6 heteroatoms. The number of hydrogen-bond donors (Lipinski definition) is 0. The van der Waals surface area contributed by atoms with Crippen LogP contribution in [-0.2, 0) is 13.0 Å². The Hall–Kier alpha value is -1.55. The van der Waals surface area contributed by atoms with Gasteiger partial charge in [0.05, 0.1) is 0 Å². The Morgan fingerprint density at radius 2 is 2.58 bits per heavy atom. The molecule has 0 unspecified atom stereocenters. The van der Waals surface area contributed by atoms with Crippen LogP contribution in [0.15, 0.2) is 11.4 Å². The molecule has 0 aliphatic carbocycles. The van der Waals surface area contributed by atoms with Crippen LogP contribution >= 0.6 is 0 Å². The quantitative estimate of drug-likeness (QED) is 0.382. The topological polar surface area (TPSA) is 79.5 Å². The fraction of sp³-hybridized carbons (Fsp3) is 0.667. The molecule has 64 valence electrons. The molecule has 0 N–H and O–H groups in total. The molecule has 0 radical (unpaired) electrons. The van der Waals surface area contributed by atoms with Crippen molar-refractivity contribution < 1.29 is 0 Å². The molecular formula is C6H10N6. The van der Waals surface area contributed by atoms with Crippen molar-refractivity contribution in [2.24, 2.45) is 5.11 Å². The Morgan fingerprint density at radius 1 is 1.75 bits per heavy atom. The molecule has 1 rings (SSSR count). The summed E-state index contributed by atoms with van der Waals surface area (Å²) in [6.45, 7) is 3.23. The summed E-state index contributed by atoms with van der Waals surface area (Å²) in [5.41, 5.74) is 8.04. The van der Waals surface area contributed by atoms with Gasteiger partial charge >= 0.3 is 0 Å². The third-order valence-corrected chi connectivity index (χ3v) is 1.49. The monoisotopic (exact) mass is 166 g/mol. The maximum Gasteiger partial charge on any atom is 0.138 e. The lowest BCUT2D eigenvalue weighted by atomic mass is 10.4. The van der Waals surface area contributed by atoms with Gasteiger partial charge in [0.1, 0.15) is 12.2 Å². The van der Waals surface area contributed by atoms with Gasteiger partial charge in [-0.2, -0.15) is 5.10 Å². The molecule has 12 heavy (non-hydrogen) atoms. The fourth-order valence-electron chi connectivity index (χ4n) is 0.941. The Kier molecular flexibility index (Phi) is 3.10. The van der Waals surface area contributed by atoms with Crippen molar-refractivity contribution in [1.82, 2.24) is 14.8 Å². The summed E-state index contributed by atoms with van der Waals surface area (Å²) < 4.78 is 1.78. The van der Waals surface area contributed by atoms with Crippen molar-refractivity contribution in [3.8, 4) is 0 Å². The van der Waals surface area contributed by atoms with E-state index in [0.717, 1.165) is 12.4 Å². The van der Waals surface area contributed by atoms with E-state index in [1.807, 2.05) is 6.92 Å². The van der Waals surface area contributed by atoms with Crippen LogP contribution in [0.1, 0.15) is 12.7 Å². The highest BCUT2D eigenvalue weighted by atomic mass is 15.3. The van der Waals surface area contributed by atoms with Gasteiger partial charge in [-0.1, -0.05) is 5.11 Å². The molecule has 1 heterocycles. The zero-order valence-electron chi connectivity index (χ0n) is 6.88. The van der Waals surface area contributed by atoms with Crippen LogP contribution in [0.25, 0.3) is 10.4 Å². The minimum absolute atomic E-state index is 0.440. The summed E-state index contributed by atoms with van der Waals surface area (Å²) in [5.74, 6) is 0.866. The predicted octanol–water partition coefficient (Wildman–Crippen LogP) is 1.15. The number of hydrogen-bond acceptors (Lipinski definition) is 3. The summed E-state index contributed by atoms with van der Waals surface area (Å²) in [4.78, 5) is 6.69. The molecule has 1 aromatic heterocycles. The van der Waals surface area contributed by atoms with E-state index in [0.29, 0.717) is 13.0 Å². The number of aryl methyl sites for hydroxylation is 1. The van der Waals surface area contributed by atoms with E-state index in [2.05, 4.69) is 20.1 Å². The van der Waals surface area contributed by atoms with Gasteiger partial charge in [-0.15, -0.1) is 0 Å². The van der Waals surface area contributed by atoms with Gasteiger partial charge in [0.15, 0.2) is 0 Å². The van der Waals surface area contributed by atoms with Gasteiger partial charge in [-0.3, -0.25) is 4.68 Å². The zero-order chi connectivity index (χ0) is 8.81. The average molecular weight is 166 g/mol. The molecule has 0 saturated carbocycles. The lowest BCUT2D eigenvalue weighted by Gasteiger charge is -1.98. The largest absolute Gasteiger partial charge is 0.250 e. The Morgan fingerprint density at radius 3 is 3.25 bits per heavy atom. The minimum atomic E-state index is 0.440. The van der Waals surface area contributed by atoms with Gasteiger partial charge in [0.25, 0.3) is 0 Å². The van der Waals surface area contributed by atoms with Gasteiger partial charge in [0.2, 0.25) is 0 Å². The van der Waals surface area contributed by atoms with Crippen molar-refractivity contribution >= 4 is 0 Å². The van der Waals surface area contributed by atoms with Crippen LogP contribution in [0, 0.1) is 0 Å². The summed E-state index contributed by atoms with van der Waals surface area (Å²) in [5, 5.41) is 7.41. The van der Waals surface area contributed by atoms with Crippen molar-refractivity contribution in [1.29, 1.82) is 0 Å². The molecule has 0 atom stereocenters. The number of aromatic nitrogens is 3. The second-order valence-corrected chi connectivity index (χ2v) is 2.20. The minimum Gasteiger partial charge on any atom is -0.250 e. The second kappa shape index (κ2) is 4.35. The van der Waals surface area contributed by atoms with E-state index < -0.39 is 0 Å². The Balaban J connectivity index is 2.55. The molecule has 0 amide bonds. The highest BCUT2D eigenvalue weighted by Gasteiger charge is 1.99. The predicted molar refractivity (Wildman–Crippen MR) is 43.4 cm³/mol. The van der Waals surface area contributed by atoms with E-state index in [-0.39, 0.29) is 0 Å². The van der Waals surface area contributed by atoms with Crippen LogP contribution in [0.2, 0.25) is 0 Å². The SMILES string of the molecule is CCn1ncnc1CCN=[N+]=[N-]. The van der Waals surface area contributed by atoms with Gasteiger partial charge in [-0.05, 0) is 12.5 Å². The van der Waals surface area contributed by atoms with Crippen LogP contribution in [0.4, 0.5) is 0 Å². The third kappa shape index (κ3) is 1.96. The number of rotatable bonds is 4. The van der Waals surface area contributed by atoms with Crippen molar-refractivity contribution in [2.45, 2.75) is 19.9 Å². The van der Waals surface area contributed by atoms with Crippen LogP contribution in [0.5, 0.6) is 0 Å². The van der Waals surface area contributed by atoms with Crippen molar-refractivity contribution in [3.63, 3.8) is 0 Å². The second-order valence-electron chi connectivity index (χ2n) is 2.20. The molecule has 0 bridgehead atoms. The lowest BCUT2D eigenvalue weighted by Crippen LogP contribution is -2.04. The molecule has 0 aliphatic rings. The first-order chi connectivity index (χ1) is 5.88. The molecule has 0 spiro atoms. The Labute approximate surface area is 69.9 Å². The van der Waals surface area contributed by atoms with Gasteiger partial charge in [-0.25, -0.2) is 4.98 Å². The van der Waals surface area contributed by atoms with Crippen LogP contribution in [-0.4, -0.2) is 21.3 Å². The first-order valence-corrected chi connectivity index (χ1v) is 3.76. The molecule has 6 nitrogen and oxygen atoms in total. The fourth-order valence-corrected chi connectivity index (χ4v) is 0.941. The van der Waals surface area contributed by atoms with E-state index in [9.17, 15) is 0 Å². The van der Waals surface area contributed by atoms with Gasteiger partial charge in [0, 0.05) is 24.4 Å². The molecule has 1 aromatic rings.